The van der Waals surface area contributed by atoms with Crippen LogP contribution >= 0.6 is 11.3 Å². The molecule has 0 saturated heterocycles. The molecule has 5 heteroatoms. The van der Waals surface area contributed by atoms with E-state index in [0.29, 0.717) is 0 Å². The van der Waals surface area contributed by atoms with Gasteiger partial charge in [-0.2, -0.15) is 0 Å². The van der Waals surface area contributed by atoms with Gasteiger partial charge >= 0.3 is 0 Å². The molecule has 66 valence electrons. The monoisotopic (exact) mass is 184 g/mol. The van der Waals surface area contributed by atoms with Crippen LogP contribution in [-0.4, -0.2) is 17.4 Å². The second kappa shape index (κ2) is 4.84. The number of aliphatic imine (C=N–C) groups is 1. The van der Waals surface area contributed by atoms with E-state index < -0.39 is 0 Å². The van der Waals surface area contributed by atoms with Crippen molar-refractivity contribution >= 4 is 17.2 Å². The smallest absolute Gasteiger partial charge is 0.154 e. The van der Waals surface area contributed by atoms with Gasteiger partial charge in [0, 0.05) is 12.7 Å². The van der Waals surface area contributed by atoms with E-state index in [4.69, 9.17) is 5.84 Å². The molecule has 12 heavy (non-hydrogen) atoms. The van der Waals surface area contributed by atoms with Crippen molar-refractivity contribution in [1.29, 1.82) is 0 Å². The van der Waals surface area contributed by atoms with E-state index in [1.165, 1.54) is 11.3 Å². The number of nitrogens with zero attached hydrogens (tertiary/aromatic N) is 2. The van der Waals surface area contributed by atoms with Gasteiger partial charge in [0.05, 0.1) is 10.4 Å². The van der Waals surface area contributed by atoms with Crippen LogP contribution in [0.15, 0.2) is 16.7 Å². The van der Waals surface area contributed by atoms with E-state index in [-0.39, 0.29) is 0 Å². The Labute approximate surface area is 75.5 Å². The summed E-state index contributed by atoms with van der Waals surface area (Å²) < 4.78 is 0. The van der Waals surface area contributed by atoms with E-state index in [1.807, 2.05) is 0 Å². The summed E-state index contributed by atoms with van der Waals surface area (Å²) in [4.78, 5) is 9.17. The molecule has 1 rings (SSSR count). The Hall–Kier alpha value is -0.940. The highest BCUT2D eigenvalue weighted by molar-refractivity contribution is 7.11. The molecule has 0 bridgehead atoms. The Morgan fingerprint density at radius 1 is 1.83 bits per heavy atom. The van der Waals surface area contributed by atoms with Gasteiger partial charge in [0.1, 0.15) is 0 Å². The van der Waals surface area contributed by atoms with E-state index in [1.54, 1.807) is 11.7 Å². The summed E-state index contributed by atoms with van der Waals surface area (Å²) in [7, 11) is 0. The van der Waals surface area contributed by atoms with Crippen LogP contribution in [0.3, 0.4) is 0 Å². The number of rotatable bonds is 3. The largest absolute Gasteiger partial charge is 0.308 e. The van der Waals surface area contributed by atoms with Gasteiger partial charge in [0.2, 0.25) is 0 Å². The SMILES string of the molecule is CCCN=C(NN)c1cncs1. The van der Waals surface area contributed by atoms with Crippen molar-refractivity contribution in [3.63, 3.8) is 0 Å². The Bertz CT molecular complexity index is 242. The molecule has 1 aromatic rings. The fourth-order valence-corrected chi connectivity index (χ4v) is 1.34. The average molecular weight is 184 g/mol. The van der Waals surface area contributed by atoms with Gasteiger partial charge in [-0.3, -0.25) is 9.98 Å². The molecule has 0 saturated carbocycles. The number of nitrogens with one attached hydrogen (secondary N) is 1. The molecule has 0 unspecified atom stereocenters. The highest BCUT2D eigenvalue weighted by Gasteiger charge is 2.01. The van der Waals surface area contributed by atoms with Gasteiger partial charge in [-0.15, -0.1) is 11.3 Å². The summed E-state index contributed by atoms with van der Waals surface area (Å²) in [6.07, 6.45) is 2.77. The second-order valence-electron chi connectivity index (χ2n) is 2.24. The summed E-state index contributed by atoms with van der Waals surface area (Å²) in [5.74, 6) is 6.02. The number of nitrogens with two attached hydrogens (primary N) is 1. The third kappa shape index (κ3) is 2.28. The van der Waals surface area contributed by atoms with Crippen molar-refractivity contribution in [2.75, 3.05) is 6.54 Å². The summed E-state index contributed by atoms with van der Waals surface area (Å²) in [5, 5.41) is 0. The first-order valence-electron chi connectivity index (χ1n) is 3.78. The van der Waals surface area contributed by atoms with E-state index >= 15 is 0 Å². The molecule has 0 spiro atoms. The topological polar surface area (TPSA) is 63.3 Å². The minimum Gasteiger partial charge on any atom is -0.308 e. The van der Waals surface area contributed by atoms with Crippen molar-refractivity contribution < 1.29 is 0 Å². The van der Waals surface area contributed by atoms with E-state index in [0.717, 1.165) is 23.7 Å². The lowest BCUT2D eigenvalue weighted by Crippen LogP contribution is -2.30. The Morgan fingerprint density at radius 3 is 3.17 bits per heavy atom. The third-order valence-corrected chi connectivity index (χ3v) is 2.08. The number of aromatic nitrogens is 1. The third-order valence-electron chi connectivity index (χ3n) is 1.30. The van der Waals surface area contributed by atoms with Gasteiger partial charge in [0.25, 0.3) is 0 Å². The number of amidine groups is 1. The number of hydrogen-bond acceptors (Lipinski definition) is 4. The molecule has 1 heterocycles. The van der Waals surface area contributed by atoms with Crippen LogP contribution in [0, 0.1) is 0 Å². The summed E-state index contributed by atoms with van der Waals surface area (Å²) in [6, 6.07) is 0. The van der Waals surface area contributed by atoms with Crippen LogP contribution in [0.5, 0.6) is 0 Å². The maximum absolute atomic E-state index is 5.30. The molecular formula is C7H12N4S. The number of thiazole rings is 1. The zero-order chi connectivity index (χ0) is 8.81. The molecule has 0 atom stereocenters. The van der Waals surface area contributed by atoms with E-state index in [2.05, 4.69) is 22.3 Å². The fraction of sp³-hybridized carbons (Fsp3) is 0.429. The minimum atomic E-state index is 0.722. The maximum atomic E-state index is 5.30. The molecule has 0 amide bonds. The molecule has 0 aliphatic carbocycles. The average Bonchev–Trinajstić information content (AvgIpc) is 2.59. The highest BCUT2D eigenvalue weighted by Crippen LogP contribution is 2.05. The Balaban J connectivity index is 2.69. The van der Waals surface area contributed by atoms with Gasteiger partial charge in [-0.05, 0) is 6.42 Å². The van der Waals surface area contributed by atoms with Crippen molar-refractivity contribution in [2.24, 2.45) is 10.8 Å². The lowest BCUT2D eigenvalue weighted by molar-refractivity contribution is 0.909. The molecule has 1 aromatic heterocycles. The highest BCUT2D eigenvalue weighted by atomic mass is 32.1. The Morgan fingerprint density at radius 2 is 2.67 bits per heavy atom. The van der Waals surface area contributed by atoms with Crippen LogP contribution in [0.25, 0.3) is 0 Å². The standard InChI is InChI=1S/C7H12N4S/c1-2-3-10-7(11-8)6-4-9-5-12-6/h4-5H,2-3,8H2,1H3,(H,10,11). The van der Waals surface area contributed by atoms with E-state index in [9.17, 15) is 0 Å². The molecule has 3 N–H and O–H groups in total. The second-order valence-corrected chi connectivity index (χ2v) is 3.13. The molecule has 0 fully saturated rings. The molecule has 0 aromatic carbocycles. The lowest BCUT2D eigenvalue weighted by Gasteiger charge is -2.00. The minimum absolute atomic E-state index is 0.722. The van der Waals surface area contributed by atoms with Gasteiger partial charge in [-0.1, -0.05) is 6.92 Å². The summed E-state index contributed by atoms with van der Waals surface area (Å²) in [6.45, 7) is 2.86. The first kappa shape index (κ1) is 9.15. The van der Waals surface area contributed by atoms with Gasteiger partial charge < -0.3 is 5.43 Å². The molecule has 0 radical (unpaired) electrons. The predicted octanol–water partition coefficient (Wildman–Crippen LogP) is 0.763. The first-order valence-corrected chi connectivity index (χ1v) is 4.66. The van der Waals surface area contributed by atoms with Gasteiger partial charge in [0.15, 0.2) is 5.84 Å². The van der Waals surface area contributed by atoms with Crippen LogP contribution < -0.4 is 11.3 Å². The van der Waals surface area contributed by atoms with Crippen LogP contribution in [-0.2, 0) is 0 Å². The van der Waals surface area contributed by atoms with Crippen LogP contribution in [0.1, 0.15) is 18.2 Å². The first-order chi connectivity index (χ1) is 5.88. The van der Waals surface area contributed by atoms with Crippen LogP contribution in [0.2, 0.25) is 0 Å². The number of hydrazine groups is 1. The fourth-order valence-electron chi connectivity index (χ4n) is 0.751. The van der Waals surface area contributed by atoms with Gasteiger partial charge in [-0.25, -0.2) is 5.84 Å². The Kier molecular flexibility index (Phi) is 3.69. The molecule has 4 nitrogen and oxygen atoms in total. The van der Waals surface area contributed by atoms with Crippen molar-refractivity contribution in [1.82, 2.24) is 10.4 Å². The van der Waals surface area contributed by atoms with Crippen molar-refractivity contribution in [2.45, 2.75) is 13.3 Å². The molecular weight excluding hydrogens is 172 g/mol. The summed E-state index contributed by atoms with van der Waals surface area (Å²) in [5.41, 5.74) is 4.32. The molecule has 0 aliphatic rings. The van der Waals surface area contributed by atoms with Crippen molar-refractivity contribution in [3.05, 3.63) is 16.6 Å². The summed E-state index contributed by atoms with van der Waals surface area (Å²) >= 11 is 1.52. The maximum Gasteiger partial charge on any atom is 0.154 e. The normalized spacial score (nSPS) is 11.7. The number of hydrogen-bond donors (Lipinski definition) is 2. The zero-order valence-corrected chi connectivity index (χ0v) is 7.77. The predicted molar refractivity (Wildman–Crippen MR) is 51.1 cm³/mol. The zero-order valence-electron chi connectivity index (χ0n) is 6.95. The van der Waals surface area contributed by atoms with Crippen molar-refractivity contribution in [3.8, 4) is 0 Å². The van der Waals surface area contributed by atoms with Crippen LogP contribution in [0.4, 0.5) is 0 Å². The quantitative estimate of drug-likeness (QED) is 0.315. The lowest BCUT2D eigenvalue weighted by atomic mass is 10.4. The molecule has 0 aliphatic heterocycles.